The predicted molar refractivity (Wildman–Crippen MR) is 75.0 cm³/mol. The van der Waals surface area contributed by atoms with Gasteiger partial charge in [0.15, 0.2) is 11.0 Å². The molecule has 9 heteroatoms. The summed E-state index contributed by atoms with van der Waals surface area (Å²) in [5, 5.41) is 6.44. The Balaban J connectivity index is 1.90. The molecule has 0 unspecified atom stereocenters. The van der Waals surface area contributed by atoms with Crippen molar-refractivity contribution in [3.63, 3.8) is 0 Å². The van der Waals surface area contributed by atoms with Crippen LogP contribution in [0.3, 0.4) is 0 Å². The minimum Gasteiger partial charge on any atom is -0.383 e. The number of hydrogen-bond donors (Lipinski definition) is 2. The van der Waals surface area contributed by atoms with Crippen molar-refractivity contribution < 1.29 is 8.42 Å². The molecule has 106 valence electrons. The Hall–Kier alpha value is -1.12. The second-order valence-electron chi connectivity index (χ2n) is 4.46. The van der Waals surface area contributed by atoms with Crippen molar-refractivity contribution in [1.82, 2.24) is 14.3 Å². The van der Waals surface area contributed by atoms with Gasteiger partial charge in [-0.05, 0) is 0 Å². The van der Waals surface area contributed by atoms with Crippen LogP contribution in [-0.2, 0) is 10.0 Å². The van der Waals surface area contributed by atoms with Crippen molar-refractivity contribution in [3.8, 4) is 0 Å². The van der Waals surface area contributed by atoms with Gasteiger partial charge in [0, 0.05) is 32.6 Å². The summed E-state index contributed by atoms with van der Waals surface area (Å²) in [6, 6.07) is 0. The zero-order valence-electron chi connectivity index (χ0n) is 10.7. The maximum atomic E-state index is 11.2. The first-order valence-corrected chi connectivity index (χ1v) is 8.01. The second kappa shape index (κ2) is 5.48. The van der Waals surface area contributed by atoms with Crippen LogP contribution in [0, 0.1) is 5.92 Å². The largest absolute Gasteiger partial charge is 0.383 e. The third kappa shape index (κ3) is 3.26. The molecule has 7 nitrogen and oxygen atoms in total. The minimum absolute atomic E-state index is 0.285. The highest BCUT2D eigenvalue weighted by Gasteiger charge is 2.32. The van der Waals surface area contributed by atoms with E-state index in [1.807, 2.05) is 0 Å². The molecule has 1 aromatic heterocycles. The van der Waals surface area contributed by atoms with E-state index in [2.05, 4.69) is 20.6 Å². The molecule has 0 amide bonds. The molecule has 0 aromatic carbocycles. The standard InChI is InChI=1S/C10H16ClN5O2S/c1-12-8-9(11)14-6-15-10(8)13-3-7-4-16(5-7)19(2,17)18/h6-7,12H,3-5H2,1-2H3,(H,13,14,15). The van der Waals surface area contributed by atoms with Crippen LogP contribution in [0.2, 0.25) is 5.15 Å². The molecule has 2 N–H and O–H groups in total. The second-order valence-corrected chi connectivity index (χ2v) is 6.81. The average Bonchev–Trinajstić information content (AvgIpc) is 2.25. The van der Waals surface area contributed by atoms with Gasteiger partial charge in [-0.1, -0.05) is 11.6 Å². The first-order chi connectivity index (χ1) is 8.91. The van der Waals surface area contributed by atoms with E-state index < -0.39 is 10.0 Å². The normalized spacial score (nSPS) is 17.0. The molecule has 1 aromatic rings. The highest BCUT2D eigenvalue weighted by atomic mass is 35.5. The Morgan fingerprint density at radius 3 is 2.74 bits per heavy atom. The van der Waals surface area contributed by atoms with E-state index >= 15 is 0 Å². The minimum atomic E-state index is -3.06. The van der Waals surface area contributed by atoms with Crippen LogP contribution < -0.4 is 10.6 Å². The van der Waals surface area contributed by atoms with Crippen molar-refractivity contribution >= 4 is 33.1 Å². The van der Waals surface area contributed by atoms with Gasteiger partial charge in [0.1, 0.15) is 12.0 Å². The number of halogens is 1. The third-order valence-electron chi connectivity index (χ3n) is 3.00. The molecule has 0 aliphatic carbocycles. The van der Waals surface area contributed by atoms with Crippen molar-refractivity contribution in [1.29, 1.82) is 0 Å². The lowest BCUT2D eigenvalue weighted by molar-refractivity contribution is 0.213. The smallest absolute Gasteiger partial charge is 0.211 e. The Bertz CT molecular complexity index is 559. The molecule has 0 spiro atoms. The van der Waals surface area contributed by atoms with Crippen LogP contribution in [-0.4, -0.2) is 55.6 Å². The summed E-state index contributed by atoms with van der Waals surface area (Å²) >= 11 is 5.93. The summed E-state index contributed by atoms with van der Waals surface area (Å²) < 4.78 is 23.9. The van der Waals surface area contributed by atoms with E-state index in [1.165, 1.54) is 16.9 Å². The Labute approximate surface area is 117 Å². The fourth-order valence-corrected chi connectivity index (χ4v) is 3.07. The van der Waals surface area contributed by atoms with Gasteiger partial charge in [-0.15, -0.1) is 0 Å². The summed E-state index contributed by atoms with van der Waals surface area (Å²) in [6.45, 7) is 1.73. The van der Waals surface area contributed by atoms with Gasteiger partial charge in [0.2, 0.25) is 10.0 Å². The van der Waals surface area contributed by atoms with E-state index in [0.717, 1.165) is 0 Å². The van der Waals surface area contributed by atoms with Crippen molar-refractivity contribution in [2.24, 2.45) is 5.92 Å². The van der Waals surface area contributed by atoms with Crippen LogP contribution in [0.5, 0.6) is 0 Å². The summed E-state index contributed by atoms with van der Waals surface area (Å²) in [5.74, 6) is 0.911. The lowest BCUT2D eigenvalue weighted by Crippen LogP contribution is -2.51. The monoisotopic (exact) mass is 305 g/mol. The molecular formula is C10H16ClN5O2S. The van der Waals surface area contributed by atoms with Crippen LogP contribution in [0.4, 0.5) is 11.5 Å². The number of anilines is 2. The van der Waals surface area contributed by atoms with Crippen LogP contribution >= 0.6 is 11.6 Å². The van der Waals surface area contributed by atoms with Gasteiger partial charge in [0.05, 0.1) is 6.26 Å². The van der Waals surface area contributed by atoms with Crippen LogP contribution in [0.15, 0.2) is 6.33 Å². The zero-order valence-corrected chi connectivity index (χ0v) is 12.3. The van der Waals surface area contributed by atoms with Gasteiger partial charge in [-0.3, -0.25) is 0 Å². The molecule has 0 bridgehead atoms. The summed E-state index contributed by atoms with van der Waals surface area (Å²) in [5.41, 5.74) is 0.642. The first-order valence-electron chi connectivity index (χ1n) is 5.79. The van der Waals surface area contributed by atoms with Crippen molar-refractivity contribution in [2.75, 3.05) is 43.6 Å². The van der Waals surface area contributed by atoms with Gasteiger partial charge in [-0.25, -0.2) is 22.7 Å². The number of nitrogens with one attached hydrogen (secondary N) is 2. The van der Waals surface area contributed by atoms with E-state index in [-0.39, 0.29) is 5.92 Å². The molecule has 1 aliphatic heterocycles. The molecule has 1 aliphatic rings. The maximum Gasteiger partial charge on any atom is 0.211 e. The zero-order chi connectivity index (χ0) is 14.0. The molecule has 19 heavy (non-hydrogen) atoms. The number of rotatable bonds is 5. The first kappa shape index (κ1) is 14.3. The molecule has 2 rings (SSSR count). The molecule has 1 saturated heterocycles. The fourth-order valence-electron chi connectivity index (χ4n) is 1.88. The van der Waals surface area contributed by atoms with Crippen molar-refractivity contribution in [2.45, 2.75) is 0 Å². The van der Waals surface area contributed by atoms with E-state index in [1.54, 1.807) is 7.05 Å². The SMILES string of the molecule is CNc1c(Cl)ncnc1NCC1CN(S(C)(=O)=O)C1. The molecule has 2 heterocycles. The molecule has 0 atom stereocenters. The molecule has 1 fully saturated rings. The Kier molecular flexibility index (Phi) is 4.12. The fraction of sp³-hybridized carbons (Fsp3) is 0.600. The van der Waals surface area contributed by atoms with Crippen LogP contribution in [0.25, 0.3) is 0 Å². The topological polar surface area (TPSA) is 87.2 Å². The molecule has 0 radical (unpaired) electrons. The molecular weight excluding hydrogens is 290 g/mol. The van der Waals surface area contributed by atoms with Crippen molar-refractivity contribution in [3.05, 3.63) is 11.5 Å². The van der Waals surface area contributed by atoms with Gasteiger partial charge < -0.3 is 10.6 Å². The Morgan fingerprint density at radius 2 is 2.16 bits per heavy atom. The number of aromatic nitrogens is 2. The number of sulfonamides is 1. The highest BCUT2D eigenvalue weighted by Crippen LogP contribution is 2.26. The number of hydrogen-bond acceptors (Lipinski definition) is 6. The molecule has 0 saturated carbocycles. The predicted octanol–water partition coefficient (Wildman–Crippen LogP) is 0.475. The highest BCUT2D eigenvalue weighted by molar-refractivity contribution is 7.88. The van der Waals surface area contributed by atoms with E-state index in [9.17, 15) is 8.42 Å². The lowest BCUT2D eigenvalue weighted by atomic mass is 10.0. The van der Waals surface area contributed by atoms with E-state index in [0.29, 0.717) is 36.3 Å². The number of nitrogens with zero attached hydrogens (tertiary/aromatic N) is 3. The third-order valence-corrected chi connectivity index (χ3v) is 4.52. The van der Waals surface area contributed by atoms with Gasteiger partial charge in [-0.2, -0.15) is 0 Å². The quantitative estimate of drug-likeness (QED) is 0.769. The summed E-state index contributed by atoms with van der Waals surface area (Å²) in [7, 11) is -1.31. The summed E-state index contributed by atoms with van der Waals surface area (Å²) in [4.78, 5) is 7.99. The Morgan fingerprint density at radius 1 is 1.47 bits per heavy atom. The van der Waals surface area contributed by atoms with E-state index in [4.69, 9.17) is 11.6 Å². The van der Waals surface area contributed by atoms with Crippen LogP contribution in [0.1, 0.15) is 0 Å². The van der Waals surface area contributed by atoms with Gasteiger partial charge >= 0.3 is 0 Å². The average molecular weight is 306 g/mol. The summed E-state index contributed by atoms with van der Waals surface area (Å²) in [6.07, 6.45) is 2.61. The van der Waals surface area contributed by atoms with Gasteiger partial charge in [0.25, 0.3) is 0 Å². The lowest BCUT2D eigenvalue weighted by Gasteiger charge is -2.37. The maximum absolute atomic E-state index is 11.2.